The van der Waals surface area contributed by atoms with Crippen LogP contribution in [0.4, 0.5) is 24.5 Å². The zero-order valence-electron chi connectivity index (χ0n) is 16.3. The number of hydrogen-bond donors (Lipinski definition) is 0. The Kier molecular flexibility index (Phi) is 6.05. The highest BCUT2D eigenvalue weighted by Crippen LogP contribution is 2.37. The number of piperazine rings is 1. The van der Waals surface area contributed by atoms with Gasteiger partial charge in [0.25, 0.3) is 5.69 Å². The first-order valence-electron chi connectivity index (χ1n) is 9.13. The van der Waals surface area contributed by atoms with Crippen molar-refractivity contribution in [1.82, 2.24) is 4.31 Å². The topological polar surface area (TPSA) is 101 Å². The van der Waals surface area contributed by atoms with Crippen molar-refractivity contribution in [3.8, 4) is 0 Å². The number of alkyl halides is 3. The molecule has 12 heteroatoms. The van der Waals surface area contributed by atoms with Crippen LogP contribution in [-0.2, 0) is 16.2 Å². The Labute approximate surface area is 176 Å². The first-order valence-corrected chi connectivity index (χ1v) is 10.6. The smallest absolute Gasteiger partial charge is 0.363 e. The van der Waals surface area contributed by atoms with Crippen LogP contribution >= 0.6 is 0 Å². The van der Waals surface area contributed by atoms with Crippen molar-refractivity contribution in [2.75, 3.05) is 31.1 Å². The molecule has 1 fully saturated rings. The minimum atomic E-state index is -4.71. The standard InChI is InChI=1S/C19H18F3N3O5S/c1-13(26)14-2-5-16(6-3-14)31(29,30)24-10-8-23(9-11-24)17-7-4-15(19(20,21)22)12-18(17)25(27)28/h2-7,12H,8-11H2,1H3. The highest BCUT2D eigenvalue weighted by atomic mass is 32.2. The molecular formula is C19H18F3N3O5S. The molecule has 0 N–H and O–H groups in total. The van der Waals surface area contributed by atoms with E-state index < -0.39 is 32.4 Å². The van der Waals surface area contributed by atoms with Crippen LogP contribution < -0.4 is 4.90 Å². The summed E-state index contributed by atoms with van der Waals surface area (Å²) >= 11 is 0. The van der Waals surface area contributed by atoms with Crippen LogP contribution in [0.3, 0.4) is 0 Å². The van der Waals surface area contributed by atoms with Gasteiger partial charge in [0.15, 0.2) is 5.78 Å². The predicted octanol–water partition coefficient (Wildman–Crippen LogP) is 3.33. The summed E-state index contributed by atoms with van der Waals surface area (Å²) in [5, 5.41) is 11.3. The number of rotatable bonds is 5. The molecule has 1 saturated heterocycles. The Morgan fingerprint density at radius 3 is 2.10 bits per heavy atom. The number of hydrogen-bond acceptors (Lipinski definition) is 6. The maximum atomic E-state index is 12.9. The second-order valence-corrected chi connectivity index (χ2v) is 8.87. The van der Waals surface area contributed by atoms with Crippen LogP contribution in [0.25, 0.3) is 0 Å². The van der Waals surface area contributed by atoms with Gasteiger partial charge in [-0.15, -0.1) is 0 Å². The number of nitro benzene ring substituents is 1. The van der Waals surface area contributed by atoms with Crippen molar-refractivity contribution in [3.63, 3.8) is 0 Å². The summed E-state index contributed by atoms with van der Waals surface area (Å²) in [4.78, 5) is 23.3. The van der Waals surface area contributed by atoms with Crippen molar-refractivity contribution in [3.05, 3.63) is 63.7 Å². The van der Waals surface area contributed by atoms with E-state index in [0.29, 0.717) is 11.6 Å². The average Bonchev–Trinajstić information content (AvgIpc) is 2.72. The molecule has 0 aromatic heterocycles. The number of benzene rings is 2. The molecule has 0 unspecified atom stereocenters. The molecule has 2 aromatic rings. The van der Waals surface area contributed by atoms with Crippen molar-refractivity contribution >= 4 is 27.2 Å². The second-order valence-electron chi connectivity index (χ2n) is 6.93. The molecule has 3 rings (SSSR count). The van der Waals surface area contributed by atoms with Crippen molar-refractivity contribution in [2.24, 2.45) is 0 Å². The molecule has 1 heterocycles. The van der Waals surface area contributed by atoms with Crippen LogP contribution in [0, 0.1) is 10.1 Å². The zero-order chi connectivity index (χ0) is 23.0. The summed E-state index contributed by atoms with van der Waals surface area (Å²) in [6.07, 6.45) is -4.71. The van der Waals surface area contributed by atoms with E-state index in [4.69, 9.17) is 0 Å². The molecule has 0 spiro atoms. The lowest BCUT2D eigenvalue weighted by molar-refractivity contribution is -0.384. The minimum absolute atomic E-state index is 0.000795. The van der Waals surface area contributed by atoms with Gasteiger partial charge < -0.3 is 4.90 Å². The third kappa shape index (κ3) is 4.69. The molecule has 0 amide bonds. The van der Waals surface area contributed by atoms with Gasteiger partial charge >= 0.3 is 6.18 Å². The molecule has 1 aliphatic rings. The maximum Gasteiger partial charge on any atom is 0.416 e. The number of Topliss-reactive ketones (excluding diaryl/α,β-unsaturated/α-hetero) is 1. The largest absolute Gasteiger partial charge is 0.416 e. The van der Waals surface area contributed by atoms with Crippen molar-refractivity contribution in [1.29, 1.82) is 0 Å². The number of sulfonamides is 1. The third-order valence-corrected chi connectivity index (χ3v) is 6.89. The molecular weight excluding hydrogens is 439 g/mol. The lowest BCUT2D eigenvalue weighted by Crippen LogP contribution is -2.48. The van der Waals surface area contributed by atoms with Gasteiger partial charge in [0.2, 0.25) is 10.0 Å². The van der Waals surface area contributed by atoms with Crippen molar-refractivity contribution < 1.29 is 31.3 Å². The number of ketones is 1. The summed E-state index contributed by atoms with van der Waals surface area (Å²) in [6, 6.07) is 7.77. The number of nitro groups is 1. The summed E-state index contributed by atoms with van der Waals surface area (Å²) in [5.74, 6) is -0.198. The third-order valence-electron chi connectivity index (χ3n) is 4.98. The summed E-state index contributed by atoms with van der Waals surface area (Å²) in [6.45, 7) is 1.49. The van der Waals surface area contributed by atoms with E-state index in [-0.39, 0.29) is 42.5 Å². The lowest BCUT2D eigenvalue weighted by atomic mass is 10.1. The van der Waals surface area contributed by atoms with Gasteiger partial charge in [-0.2, -0.15) is 17.5 Å². The Hall–Kier alpha value is -2.99. The highest BCUT2D eigenvalue weighted by Gasteiger charge is 2.35. The van der Waals surface area contributed by atoms with E-state index in [1.54, 1.807) is 0 Å². The second kappa shape index (κ2) is 8.27. The summed E-state index contributed by atoms with van der Waals surface area (Å²) in [5.41, 5.74) is -1.44. The minimum Gasteiger partial charge on any atom is -0.363 e. The van der Waals surface area contributed by atoms with E-state index in [1.807, 2.05) is 0 Å². The van der Waals surface area contributed by atoms with E-state index in [0.717, 1.165) is 12.1 Å². The molecule has 8 nitrogen and oxygen atoms in total. The summed E-state index contributed by atoms with van der Waals surface area (Å²) < 4.78 is 65.5. The number of halogens is 3. The van der Waals surface area contributed by atoms with Gasteiger partial charge in [-0.1, -0.05) is 12.1 Å². The van der Waals surface area contributed by atoms with E-state index >= 15 is 0 Å². The van der Waals surface area contributed by atoms with Crippen LogP contribution in [0.1, 0.15) is 22.8 Å². The quantitative estimate of drug-likeness (QED) is 0.388. The number of carbonyl (C=O) groups excluding carboxylic acids is 1. The Morgan fingerprint density at radius 1 is 1.03 bits per heavy atom. The number of anilines is 1. The van der Waals surface area contributed by atoms with Crippen LogP contribution in [0.15, 0.2) is 47.4 Å². The first-order chi connectivity index (χ1) is 14.4. The van der Waals surface area contributed by atoms with Gasteiger partial charge in [-0.25, -0.2) is 8.42 Å². The molecule has 166 valence electrons. The fraction of sp³-hybridized carbons (Fsp3) is 0.316. The summed E-state index contributed by atoms with van der Waals surface area (Å²) in [7, 11) is -3.85. The van der Waals surface area contributed by atoms with Gasteiger partial charge in [0.1, 0.15) is 5.69 Å². The molecule has 2 aromatic carbocycles. The van der Waals surface area contributed by atoms with E-state index in [2.05, 4.69) is 0 Å². The van der Waals surface area contributed by atoms with Gasteiger partial charge in [0.05, 0.1) is 15.4 Å². The molecule has 31 heavy (non-hydrogen) atoms. The molecule has 0 bridgehead atoms. The van der Waals surface area contributed by atoms with Crippen molar-refractivity contribution in [2.45, 2.75) is 18.0 Å². The molecule has 0 aliphatic carbocycles. The van der Waals surface area contributed by atoms with Gasteiger partial charge in [-0.3, -0.25) is 14.9 Å². The first kappa shape index (κ1) is 22.7. The van der Waals surface area contributed by atoms with Crippen LogP contribution in [0.5, 0.6) is 0 Å². The van der Waals surface area contributed by atoms with Gasteiger partial charge in [-0.05, 0) is 31.2 Å². The van der Waals surface area contributed by atoms with Crippen LogP contribution in [0.2, 0.25) is 0 Å². The fourth-order valence-electron chi connectivity index (χ4n) is 3.29. The fourth-order valence-corrected chi connectivity index (χ4v) is 4.72. The average molecular weight is 457 g/mol. The SMILES string of the molecule is CC(=O)c1ccc(S(=O)(=O)N2CCN(c3ccc(C(F)(F)F)cc3[N+](=O)[O-])CC2)cc1. The molecule has 0 radical (unpaired) electrons. The normalized spacial score (nSPS) is 15.7. The molecule has 1 aliphatic heterocycles. The van der Waals surface area contributed by atoms with E-state index in [9.17, 15) is 36.5 Å². The lowest BCUT2D eigenvalue weighted by Gasteiger charge is -2.35. The Bertz CT molecular complexity index is 1110. The predicted molar refractivity (Wildman–Crippen MR) is 106 cm³/mol. The van der Waals surface area contributed by atoms with Crippen LogP contribution in [-0.4, -0.2) is 49.6 Å². The van der Waals surface area contributed by atoms with Gasteiger partial charge in [0, 0.05) is 37.8 Å². The number of nitrogens with zero attached hydrogens (tertiary/aromatic N) is 3. The number of carbonyl (C=O) groups is 1. The zero-order valence-corrected chi connectivity index (χ0v) is 17.1. The molecule has 0 saturated carbocycles. The Balaban J connectivity index is 1.79. The monoisotopic (exact) mass is 457 g/mol. The maximum absolute atomic E-state index is 12.9. The highest BCUT2D eigenvalue weighted by molar-refractivity contribution is 7.89. The van der Waals surface area contributed by atoms with E-state index in [1.165, 1.54) is 40.4 Å². The Morgan fingerprint density at radius 2 is 1.61 bits per heavy atom. The molecule has 0 atom stereocenters.